The third kappa shape index (κ3) is 1.75. The number of rotatable bonds is 1. The normalized spacial score (nSPS) is 10.8. The molecule has 1 heterocycles. The highest BCUT2D eigenvalue weighted by Crippen LogP contribution is 2.19. The van der Waals surface area contributed by atoms with Crippen LogP contribution in [0.5, 0.6) is 0 Å². The van der Waals surface area contributed by atoms with E-state index in [2.05, 4.69) is 23.8 Å². The molecule has 0 fully saturated rings. The first-order valence-corrected chi connectivity index (χ1v) is 4.40. The molecule has 0 unspecified atom stereocenters. The van der Waals surface area contributed by atoms with Gasteiger partial charge in [0.25, 0.3) is 0 Å². The lowest BCUT2D eigenvalue weighted by Crippen LogP contribution is -2.01. The number of hydrogen-bond acceptors (Lipinski definition) is 2. The maximum absolute atomic E-state index is 5.74. The summed E-state index contributed by atoms with van der Waals surface area (Å²) in [5, 5.41) is 0.349. The fraction of sp³-hybridized carbons (Fsp3) is 0.556. The fourth-order valence-corrected chi connectivity index (χ4v) is 1.40. The van der Waals surface area contributed by atoms with Gasteiger partial charge in [-0.25, -0.2) is 9.97 Å². The summed E-state index contributed by atoms with van der Waals surface area (Å²) >= 11 is 5.74. The van der Waals surface area contributed by atoms with Gasteiger partial charge in [0, 0.05) is 5.69 Å². The van der Waals surface area contributed by atoms with Gasteiger partial charge in [0.05, 0.1) is 5.69 Å². The molecule has 1 aromatic rings. The fourth-order valence-electron chi connectivity index (χ4n) is 1.18. The van der Waals surface area contributed by atoms with Crippen LogP contribution in [0.15, 0.2) is 0 Å². The molecule has 1 rings (SSSR count). The van der Waals surface area contributed by atoms with Crippen molar-refractivity contribution >= 4 is 11.6 Å². The number of aryl methyl sites for hydroxylation is 1. The van der Waals surface area contributed by atoms with E-state index in [1.807, 2.05) is 13.8 Å². The molecule has 0 saturated carbocycles. The average molecular weight is 185 g/mol. The number of halogens is 1. The topological polar surface area (TPSA) is 25.8 Å². The van der Waals surface area contributed by atoms with Crippen LogP contribution in [0.3, 0.4) is 0 Å². The van der Waals surface area contributed by atoms with Crippen LogP contribution in [0.2, 0.25) is 5.28 Å². The van der Waals surface area contributed by atoms with Gasteiger partial charge in [0.2, 0.25) is 5.28 Å². The molecule has 0 amide bonds. The Bertz CT molecular complexity index is 295. The lowest BCUT2D eigenvalue weighted by molar-refractivity contribution is 0.795. The summed E-state index contributed by atoms with van der Waals surface area (Å²) in [5.41, 5.74) is 3.17. The van der Waals surface area contributed by atoms with Gasteiger partial charge >= 0.3 is 0 Å². The molecule has 66 valence electrons. The van der Waals surface area contributed by atoms with Crippen molar-refractivity contribution in [3.05, 3.63) is 22.2 Å². The van der Waals surface area contributed by atoms with Gasteiger partial charge in [-0.05, 0) is 36.9 Å². The molecular weight excluding hydrogens is 172 g/mol. The number of nitrogens with zero attached hydrogens (tertiary/aromatic N) is 2. The Kier molecular flexibility index (Phi) is 2.68. The number of aromatic nitrogens is 2. The van der Waals surface area contributed by atoms with Crippen molar-refractivity contribution in [3.63, 3.8) is 0 Å². The zero-order valence-corrected chi connectivity index (χ0v) is 8.61. The molecule has 0 spiro atoms. The van der Waals surface area contributed by atoms with Gasteiger partial charge in [-0.15, -0.1) is 0 Å². The predicted octanol–water partition coefficient (Wildman–Crippen LogP) is 2.87. The highest BCUT2D eigenvalue weighted by Gasteiger charge is 2.09. The molecule has 0 saturated heterocycles. The zero-order chi connectivity index (χ0) is 9.30. The van der Waals surface area contributed by atoms with Crippen LogP contribution >= 0.6 is 11.6 Å². The van der Waals surface area contributed by atoms with Gasteiger partial charge in [0.1, 0.15) is 0 Å². The first-order chi connectivity index (χ1) is 5.52. The van der Waals surface area contributed by atoms with Crippen LogP contribution in [0.25, 0.3) is 0 Å². The summed E-state index contributed by atoms with van der Waals surface area (Å²) in [7, 11) is 0. The number of hydrogen-bond donors (Lipinski definition) is 0. The average Bonchev–Trinajstić information content (AvgIpc) is 1.96. The Morgan fingerprint density at radius 1 is 1.17 bits per heavy atom. The summed E-state index contributed by atoms with van der Waals surface area (Å²) in [5.74, 6) is 0.407. The maximum atomic E-state index is 5.74. The maximum Gasteiger partial charge on any atom is 0.222 e. The van der Waals surface area contributed by atoms with Crippen LogP contribution in [0.4, 0.5) is 0 Å². The second-order valence-electron chi connectivity index (χ2n) is 3.24. The lowest BCUT2D eigenvalue weighted by Gasteiger charge is -2.09. The van der Waals surface area contributed by atoms with E-state index in [1.165, 1.54) is 0 Å². The molecule has 0 radical (unpaired) electrons. The monoisotopic (exact) mass is 184 g/mol. The zero-order valence-electron chi connectivity index (χ0n) is 7.85. The standard InChI is InChI=1S/C9H13ClN2/c1-5(2)8-6(3)7(4)11-9(10)12-8/h5H,1-4H3. The predicted molar refractivity (Wildman–Crippen MR) is 50.6 cm³/mol. The molecule has 12 heavy (non-hydrogen) atoms. The third-order valence-electron chi connectivity index (χ3n) is 1.95. The highest BCUT2D eigenvalue weighted by molar-refractivity contribution is 6.28. The molecule has 0 aromatic carbocycles. The van der Waals surface area contributed by atoms with Crippen molar-refractivity contribution in [2.75, 3.05) is 0 Å². The molecule has 0 aliphatic carbocycles. The van der Waals surface area contributed by atoms with E-state index in [9.17, 15) is 0 Å². The molecule has 0 atom stereocenters. The summed E-state index contributed by atoms with van der Waals surface area (Å²) in [6.07, 6.45) is 0. The first-order valence-electron chi connectivity index (χ1n) is 4.03. The SMILES string of the molecule is Cc1nc(Cl)nc(C(C)C)c1C. The van der Waals surface area contributed by atoms with Crippen molar-refractivity contribution in [2.24, 2.45) is 0 Å². The van der Waals surface area contributed by atoms with Gasteiger partial charge in [-0.1, -0.05) is 13.8 Å². The molecule has 0 aliphatic rings. The van der Waals surface area contributed by atoms with E-state index in [0.717, 1.165) is 17.0 Å². The van der Waals surface area contributed by atoms with Gasteiger partial charge < -0.3 is 0 Å². The minimum atomic E-state index is 0.349. The smallest absolute Gasteiger partial charge is 0.222 e. The molecule has 1 aromatic heterocycles. The Balaban J connectivity index is 3.28. The molecule has 2 nitrogen and oxygen atoms in total. The van der Waals surface area contributed by atoms with Gasteiger partial charge in [-0.3, -0.25) is 0 Å². The molecule has 0 bridgehead atoms. The van der Waals surface area contributed by atoms with E-state index in [0.29, 0.717) is 11.2 Å². The largest absolute Gasteiger partial charge is 0.223 e. The van der Waals surface area contributed by atoms with E-state index >= 15 is 0 Å². The van der Waals surface area contributed by atoms with Crippen molar-refractivity contribution in [2.45, 2.75) is 33.6 Å². The van der Waals surface area contributed by atoms with Crippen LogP contribution < -0.4 is 0 Å². The van der Waals surface area contributed by atoms with Crippen LogP contribution in [-0.2, 0) is 0 Å². The second-order valence-corrected chi connectivity index (χ2v) is 3.58. The summed E-state index contributed by atoms with van der Waals surface area (Å²) in [6, 6.07) is 0. The highest BCUT2D eigenvalue weighted by atomic mass is 35.5. The molecule has 0 N–H and O–H groups in total. The van der Waals surface area contributed by atoms with E-state index < -0.39 is 0 Å². The summed E-state index contributed by atoms with van der Waals surface area (Å²) < 4.78 is 0. The third-order valence-corrected chi connectivity index (χ3v) is 2.12. The summed E-state index contributed by atoms with van der Waals surface area (Å²) in [6.45, 7) is 8.19. The van der Waals surface area contributed by atoms with Crippen molar-refractivity contribution in [3.8, 4) is 0 Å². The van der Waals surface area contributed by atoms with Gasteiger partial charge in [-0.2, -0.15) is 0 Å². The Morgan fingerprint density at radius 2 is 1.75 bits per heavy atom. The molecule has 0 aliphatic heterocycles. The van der Waals surface area contributed by atoms with E-state index in [4.69, 9.17) is 11.6 Å². The quantitative estimate of drug-likeness (QED) is 0.628. The minimum Gasteiger partial charge on any atom is -0.223 e. The van der Waals surface area contributed by atoms with E-state index in [1.54, 1.807) is 0 Å². The minimum absolute atomic E-state index is 0.349. The first kappa shape index (κ1) is 9.46. The Labute approximate surface area is 78.0 Å². The van der Waals surface area contributed by atoms with Crippen molar-refractivity contribution < 1.29 is 0 Å². The van der Waals surface area contributed by atoms with E-state index in [-0.39, 0.29) is 0 Å². The summed E-state index contributed by atoms with van der Waals surface area (Å²) in [4.78, 5) is 8.26. The van der Waals surface area contributed by atoms with Crippen LogP contribution in [0.1, 0.15) is 36.7 Å². The Morgan fingerprint density at radius 3 is 2.25 bits per heavy atom. The van der Waals surface area contributed by atoms with Crippen LogP contribution in [-0.4, -0.2) is 9.97 Å². The lowest BCUT2D eigenvalue weighted by atomic mass is 10.0. The Hall–Kier alpha value is -0.630. The van der Waals surface area contributed by atoms with Crippen molar-refractivity contribution in [1.82, 2.24) is 9.97 Å². The molecular formula is C9H13ClN2. The van der Waals surface area contributed by atoms with Crippen molar-refractivity contribution in [1.29, 1.82) is 0 Å². The molecule has 3 heteroatoms. The van der Waals surface area contributed by atoms with Gasteiger partial charge in [0.15, 0.2) is 0 Å². The van der Waals surface area contributed by atoms with Crippen LogP contribution in [0, 0.1) is 13.8 Å². The second kappa shape index (κ2) is 3.40.